The predicted octanol–water partition coefficient (Wildman–Crippen LogP) is 4.01. The van der Waals surface area contributed by atoms with Crippen LogP contribution in [0.1, 0.15) is 0 Å². The minimum atomic E-state index is -1.68. The molecule has 14 heavy (non-hydrogen) atoms. The molecular formula is C9H11BrCl2OSi. The SMILES string of the molecule is C[Si](C)(C)c1c(O)c(Cl)cc(Br)c1Cl. The van der Waals surface area contributed by atoms with E-state index in [-0.39, 0.29) is 5.75 Å². The van der Waals surface area contributed by atoms with Gasteiger partial charge in [0.2, 0.25) is 0 Å². The van der Waals surface area contributed by atoms with Gasteiger partial charge >= 0.3 is 0 Å². The van der Waals surface area contributed by atoms with Crippen LogP contribution in [0, 0.1) is 0 Å². The van der Waals surface area contributed by atoms with E-state index < -0.39 is 8.07 Å². The van der Waals surface area contributed by atoms with Crippen LogP contribution in [0.15, 0.2) is 10.5 Å². The van der Waals surface area contributed by atoms with Gasteiger partial charge in [-0.1, -0.05) is 42.8 Å². The van der Waals surface area contributed by atoms with Crippen LogP contribution in [0.25, 0.3) is 0 Å². The molecule has 0 saturated carbocycles. The molecule has 0 atom stereocenters. The van der Waals surface area contributed by atoms with Gasteiger partial charge in [0.25, 0.3) is 0 Å². The highest BCUT2D eigenvalue weighted by Gasteiger charge is 2.26. The molecule has 0 radical (unpaired) electrons. The van der Waals surface area contributed by atoms with Crippen LogP contribution in [-0.2, 0) is 0 Å². The van der Waals surface area contributed by atoms with Crippen molar-refractivity contribution in [3.05, 3.63) is 20.6 Å². The van der Waals surface area contributed by atoms with Gasteiger partial charge < -0.3 is 5.11 Å². The van der Waals surface area contributed by atoms with Gasteiger partial charge in [-0.25, -0.2) is 0 Å². The third-order valence-corrected chi connectivity index (χ3v) is 5.58. The zero-order valence-electron chi connectivity index (χ0n) is 8.16. The van der Waals surface area contributed by atoms with E-state index in [4.69, 9.17) is 23.2 Å². The van der Waals surface area contributed by atoms with Gasteiger partial charge in [-0.3, -0.25) is 0 Å². The van der Waals surface area contributed by atoms with Crippen molar-refractivity contribution < 1.29 is 5.11 Å². The molecule has 0 spiro atoms. The fourth-order valence-electron chi connectivity index (χ4n) is 1.27. The summed E-state index contributed by atoms with van der Waals surface area (Å²) in [6, 6.07) is 1.61. The quantitative estimate of drug-likeness (QED) is 0.613. The highest BCUT2D eigenvalue weighted by molar-refractivity contribution is 9.10. The first-order chi connectivity index (χ1) is 6.25. The molecule has 0 heterocycles. The molecule has 0 aliphatic rings. The van der Waals surface area contributed by atoms with E-state index in [1.165, 1.54) is 0 Å². The summed E-state index contributed by atoms with van der Waals surface area (Å²) < 4.78 is 0.736. The number of rotatable bonds is 1. The smallest absolute Gasteiger partial charge is 0.134 e. The summed E-state index contributed by atoms with van der Waals surface area (Å²) in [6.45, 7) is 6.32. The van der Waals surface area contributed by atoms with Crippen molar-refractivity contribution in [2.75, 3.05) is 0 Å². The number of phenols is 1. The molecule has 0 aliphatic carbocycles. The molecule has 1 nitrogen and oxygen atoms in total. The Balaban J connectivity index is 3.56. The molecule has 0 aromatic heterocycles. The fraction of sp³-hybridized carbons (Fsp3) is 0.333. The Bertz CT molecular complexity index is 348. The van der Waals surface area contributed by atoms with Crippen LogP contribution in [0.2, 0.25) is 29.7 Å². The molecule has 0 unspecified atom stereocenters. The van der Waals surface area contributed by atoms with Gasteiger partial charge in [0.15, 0.2) is 0 Å². The van der Waals surface area contributed by atoms with Gasteiger partial charge in [-0.05, 0) is 22.0 Å². The van der Waals surface area contributed by atoms with Crippen molar-refractivity contribution in [1.82, 2.24) is 0 Å². The van der Waals surface area contributed by atoms with Crippen LogP contribution in [0.3, 0.4) is 0 Å². The van der Waals surface area contributed by atoms with Crippen molar-refractivity contribution in [3.8, 4) is 5.75 Å². The van der Waals surface area contributed by atoms with Gasteiger partial charge in [-0.15, -0.1) is 0 Å². The molecular weight excluding hydrogens is 303 g/mol. The lowest BCUT2D eigenvalue weighted by atomic mass is 10.3. The Hall–Kier alpha value is 0.297. The Morgan fingerprint density at radius 3 is 2.21 bits per heavy atom. The summed E-state index contributed by atoms with van der Waals surface area (Å²) >= 11 is 15.3. The summed E-state index contributed by atoms with van der Waals surface area (Å²) in [4.78, 5) is 0. The first-order valence-electron chi connectivity index (χ1n) is 4.12. The lowest BCUT2D eigenvalue weighted by Gasteiger charge is -2.21. The zero-order chi connectivity index (χ0) is 11.1. The largest absolute Gasteiger partial charge is 0.506 e. The number of halogens is 3. The van der Waals surface area contributed by atoms with Crippen molar-refractivity contribution in [3.63, 3.8) is 0 Å². The van der Waals surface area contributed by atoms with Crippen molar-refractivity contribution in [2.45, 2.75) is 19.6 Å². The van der Waals surface area contributed by atoms with Gasteiger partial charge in [0.05, 0.1) is 18.1 Å². The molecule has 5 heteroatoms. The second kappa shape index (κ2) is 4.04. The Labute approximate surface area is 103 Å². The standard InChI is InChI=1S/C9H11BrCl2OSi/c1-14(2,3)9-7(12)5(10)4-6(11)8(9)13/h4,13H,1-3H3. The molecule has 1 aromatic carbocycles. The fourth-order valence-corrected chi connectivity index (χ4v) is 4.93. The number of hydrogen-bond donors (Lipinski definition) is 1. The van der Waals surface area contributed by atoms with Crippen LogP contribution >= 0.6 is 39.1 Å². The molecule has 0 bridgehead atoms. The summed E-state index contributed by atoms with van der Waals surface area (Å²) in [6.07, 6.45) is 0. The topological polar surface area (TPSA) is 20.2 Å². The van der Waals surface area contributed by atoms with Gasteiger partial charge in [-0.2, -0.15) is 0 Å². The number of phenolic OH excluding ortho intramolecular Hbond substituents is 1. The monoisotopic (exact) mass is 312 g/mol. The second-order valence-corrected chi connectivity index (χ2v) is 10.8. The van der Waals surface area contributed by atoms with E-state index in [0.29, 0.717) is 10.0 Å². The van der Waals surface area contributed by atoms with Crippen LogP contribution in [-0.4, -0.2) is 13.2 Å². The van der Waals surface area contributed by atoms with Gasteiger partial charge in [0, 0.05) is 9.66 Å². The van der Waals surface area contributed by atoms with Gasteiger partial charge in [0.1, 0.15) is 5.75 Å². The van der Waals surface area contributed by atoms with E-state index in [2.05, 4.69) is 35.6 Å². The molecule has 78 valence electrons. The summed E-state index contributed by atoms with van der Waals surface area (Å²) in [5.41, 5.74) is 0. The van der Waals surface area contributed by atoms with E-state index in [1.54, 1.807) is 6.07 Å². The highest BCUT2D eigenvalue weighted by atomic mass is 79.9. The zero-order valence-corrected chi connectivity index (χ0v) is 12.3. The first kappa shape index (κ1) is 12.4. The normalized spacial score (nSPS) is 11.9. The number of benzene rings is 1. The second-order valence-electron chi connectivity index (χ2n) is 4.13. The molecule has 0 fully saturated rings. The average molecular weight is 314 g/mol. The molecule has 0 aliphatic heterocycles. The molecule has 0 saturated heterocycles. The van der Waals surface area contributed by atoms with E-state index in [0.717, 1.165) is 9.66 Å². The van der Waals surface area contributed by atoms with E-state index in [1.807, 2.05) is 0 Å². The van der Waals surface area contributed by atoms with E-state index in [9.17, 15) is 5.11 Å². The highest BCUT2D eigenvalue weighted by Crippen LogP contribution is 2.33. The van der Waals surface area contributed by atoms with E-state index >= 15 is 0 Å². The van der Waals surface area contributed by atoms with Crippen molar-refractivity contribution in [2.24, 2.45) is 0 Å². The Morgan fingerprint density at radius 2 is 1.79 bits per heavy atom. The summed E-state index contributed by atoms with van der Waals surface area (Å²) in [5.74, 6) is 0.124. The summed E-state index contributed by atoms with van der Waals surface area (Å²) in [7, 11) is -1.68. The maximum atomic E-state index is 9.84. The number of hydrogen-bond acceptors (Lipinski definition) is 1. The van der Waals surface area contributed by atoms with Crippen LogP contribution in [0.4, 0.5) is 0 Å². The lowest BCUT2D eigenvalue weighted by Crippen LogP contribution is -2.38. The minimum Gasteiger partial charge on any atom is -0.506 e. The molecule has 1 N–H and O–H groups in total. The van der Waals surface area contributed by atoms with Crippen LogP contribution < -0.4 is 5.19 Å². The molecule has 1 aromatic rings. The maximum Gasteiger partial charge on any atom is 0.134 e. The molecule has 0 amide bonds. The molecule has 1 rings (SSSR count). The van der Waals surface area contributed by atoms with Crippen LogP contribution in [0.5, 0.6) is 5.75 Å². The average Bonchev–Trinajstić information content (AvgIpc) is 1.98. The first-order valence-corrected chi connectivity index (χ1v) is 9.17. The Morgan fingerprint density at radius 1 is 1.29 bits per heavy atom. The number of aromatic hydroxyl groups is 1. The lowest BCUT2D eigenvalue weighted by molar-refractivity contribution is 0.479. The van der Waals surface area contributed by atoms with Crippen molar-refractivity contribution in [1.29, 1.82) is 0 Å². The third kappa shape index (κ3) is 2.27. The summed E-state index contributed by atoms with van der Waals surface area (Å²) in [5, 5.41) is 11.6. The third-order valence-electron chi connectivity index (χ3n) is 1.90. The Kier molecular flexibility index (Phi) is 3.57. The minimum absolute atomic E-state index is 0.124. The predicted molar refractivity (Wildman–Crippen MR) is 68.8 cm³/mol. The van der Waals surface area contributed by atoms with Crippen molar-refractivity contribution >= 4 is 52.4 Å². The maximum absolute atomic E-state index is 9.84.